The van der Waals surface area contributed by atoms with Gasteiger partial charge in [-0.25, -0.2) is 0 Å². The van der Waals surface area contributed by atoms with Crippen molar-refractivity contribution in [1.82, 2.24) is 10.3 Å². The van der Waals surface area contributed by atoms with Crippen molar-refractivity contribution in [2.75, 3.05) is 6.61 Å². The molecule has 0 amide bonds. The first-order valence-corrected chi connectivity index (χ1v) is 6.73. The summed E-state index contributed by atoms with van der Waals surface area (Å²) in [6.07, 6.45) is 2.95. The quantitative estimate of drug-likeness (QED) is 0.840. The van der Waals surface area contributed by atoms with Crippen LogP contribution in [-0.4, -0.2) is 17.1 Å². The Morgan fingerprint density at radius 1 is 1.33 bits per heavy atom. The average molecular weight is 250 g/mol. The lowest BCUT2D eigenvalue weighted by Gasteiger charge is -2.20. The molecule has 1 heterocycles. The van der Waals surface area contributed by atoms with Crippen LogP contribution in [0.5, 0.6) is 5.75 Å². The van der Waals surface area contributed by atoms with Gasteiger partial charge >= 0.3 is 0 Å². The van der Waals surface area contributed by atoms with E-state index in [4.69, 9.17) is 4.74 Å². The molecule has 0 bridgehead atoms. The summed E-state index contributed by atoms with van der Waals surface area (Å²) in [4.78, 5) is 4.40. The molecule has 102 valence electrons. The van der Waals surface area contributed by atoms with Gasteiger partial charge in [0.05, 0.1) is 18.5 Å². The molecule has 0 saturated heterocycles. The maximum Gasteiger partial charge on any atom is 0.137 e. The molecule has 1 aromatic rings. The van der Waals surface area contributed by atoms with Crippen LogP contribution in [0.2, 0.25) is 0 Å². The Morgan fingerprint density at radius 2 is 2.06 bits per heavy atom. The van der Waals surface area contributed by atoms with E-state index in [1.54, 1.807) is 0 Å². The topological polar surface area (TPSA) is 34.1 Å². The molecule has 1 aromatic heterocycles. The van der Waals surface area contributed by atoms with Crippen LogP contribution in [0.1, 0.15) is 46.7 Å². The van der Waals surface area contributed by atoms with E-state index >= 15 is 0 Å². The summed E-state index contributed by atoms with van der Waals surface area (Å²) in [5, 5.41) is 3.41. The van der Waals surface area contributed by atoms with Crippen molar-refractivity contribution >= 4 is 0 Å². The Balaban J connectivity index is 2.42. The fraction of sp³-hybridized carbons (Fsp3) is 0.667. The lowest BCUT2D eigenvalue weighted by Crippen LogP contribution is -2.35. The van der Waals surface area contributed by atoms with Crippen molar-refractivity contribution < 1.29 is 4.74 Å². The van der Waals surface area contributed by atoms with E-state index in [9.17, 15) is 0 Å². The van der Waals surface area contributed by atoms with Crippen LogP contribution in [0.25, 0.3) is 0 Å². The summed E-state index contributed by atoms with van der Waals surface area (Å²) < 4.78 is 5.68. The van der Waals surface area contributed by atoms with E-state index in [-0.39, 0.29) is 5.54 Å². The molecule has 3 heteroatoms. The summed E-state index contributed by atoms with van der Waals surface area (Å²) in [7, 11) is 0. The summed E-state index contributed by atoms with van der Waals surface area (Å²) in [5.74, 6) is 1.45. The third kappa shape index (κ3) is 6.01. The van der Waals surface area contributed by atoms with Crippen LogP contribution in [0.15, 0.2) is 18.3 Å². The van der Waals surface area contributed by atoms with Crippen molar-refractivity contribution in [3.8, 4) is 5.75 Å². The Morgan fingerprint density at radius 3 is 2.56 bits per heavy atom. The van der Waals surface area contributed by atoms with Gasteiger partial charge in [-0.3, -0.25) is 4.98 Å². The summed E-state index contributed by atoms with van der Waals surface area (Å²) >= 11 is 0. The van der Waals surface area contributed by atoms with Crippen LogP contribution in [0, 0.1) is 5.92 Å². The van der Waals surface area contributed by atoms with Crippen molar-refractivity contribution in [3.05, 3.63) is 24.0 Å². The molecule has 1 N–H and O–H groups in total. The first-order chi connectivity index (χ1) is 8.40. The molecule has 0 radical (unpaired) electrons. The molecule has 0 aliphatic carbocycles. The first-order valence-electron chi connectivity index (χ1n) is 6.73. The third-order valence-corrected chi connectivity index (χ3v) is 2.83. The third-order valence-electron chi connectivity index (χ3n) is 2.83. The largest absolute Gasteiger partial charge is 0.492 e. The molecule has 0 spiro atoms. The second-order valence-corrected chi connectivity index (χ2v) is 5.91. The van der Waals surface area contributed by atoms with E-state index in [2.05, 4.69) is 44.9 Å². The highest BCUT2D eigenvalue weighted by atomic mass is 16.5. The summed E-state index contributed by atoms with van der Waals surface area (Å²) in [5.41, 5.74) is 1.16. The SMILES string of the molecule is CCC(C)COc1ccc(CNC(C)(C)C)nc1. The number of rotatable bonds is 6. The molecule has 0 aromatic carbocycles. The second-order valence-electron chi connectivity index (χ2n) is 5.91. The highest BCUT2D eigenvalue weighted by Crippen LogP contribution is 2.12. The highest BCUT2D eigenvalue weighted by Gasteiger charge is 2.08. The van der Waals surface area contributed by atoms with Crippen LogP contribution in [0.3, 0.4) is 0 Å². The van der Waals surface area contributed by atoms with Crippen molar-refractivity contribution in [2.45, 2.75) is 53.1 Å². The molecule has 3 nitrogen and oxygen atoms in total. The number of hydrogen-bond donors (Lipinski definition) is 1. The molecule has 1 atom stereocenters. The smallest absolute Gasteiger partial charge is 0.137 e. The number of aromatic nitrogens is 1. The lowest BCUT2D eigenvalue weighted by molar-refractivity contribution is 0.255. The van der Waals surface area contributed by atoms with Gasteiger partial charge in [0.1, 0.15) is 5.75 Å². The average Bonchev–Trinajstić information content (AvgIpc) is 2.33. The van der Waals surface area contributed by atoms with Gasteiger partial charge in [-0.05, 0) is 38.8 Å². The fourth-order valence-electron chi connectivity index (χ4n) is 1.31. The lowest BCUT2D eigenvalue weighted by atomic mass is 10.1. The molecular formula is C15H26N2O. The van der Waals surface area contributed by atoms with Gasteiger partial charge in [0.2, 0.25) is 0 Å². The second kappa shape index (κ2) is 6.74. The van der Waals surface area contributed by atoms with E-state index < -0.39 is 0 Å². The van der Waals surface area contributed by atoms with Gasteiger partial charge in [0.25, 0.3) is 0 Å². The molecular weight excluding hydrogens is 224 g/mol. The minimum absolute atomic E-state index is 0.118. The molecule has 0 fully saturated rings. The maximum atomic E-state index is 5.68. The Kier molecular flexibility index (Phi) is 5.60. The van der Waals surface area contributed by atoms with Crippen molar-refractivity contribution in [1.29, 1.82) is 0 Å². The number of nitrogens with one attached hydrogen (secondary N) is 1. The predicted octanol–water partition coefficient (Wildman–Crippen LogP) is 3.39. The monoisotopic (exact) mass is 250 g/mol. The highest BCUT2D eigenvalue weighted by molar-refractivity contribution is 5.19. The van der Waals surface area contributed by atoms with Gasteiger partial charge in [0.15, 0.2) is 0 Å². The Bertz CT molecular complexity index is 341. The summed E-state index contributed by atoms with van der Waals surface area (Å²) in [6.45, 7) is 12.4. The molecule has 18 heavy (non-hydrogen) atoms. The van der Waals surface area contributed by atoms with Gasteiger partial charge < -0.3 is 10.1 Å². The van der Waals surface area contributed by atoms with E-state index in [0.717, 1.165) is 31.0 Å². The molecule has 0 aliphatic heterocycles. The van der Waals surface area contributed by atoms with Gasteiger partial charge in [-0.1, -0.05) is 20.3 Å². The summed E-state index contributed by atoms with van der Waals surface area (Å²) in [6, 6.07) is 4.01. The molecule has 0 aliphatic rings. The van der Waals surface area contributed by atoms with Gasteiger partial charge in [-0.2, -0.15) is 0 Å². The number of nitrogens with zero attached hydrogens (tertiary/aromatic N) is 1. The zero-order valence-corrected chi connectivity index (χ0v) is 12.3. The molecule has 1 unspecified atom stereocenters. The molecule has 1 rings (SSSR count). The minimum atomic E-state index is 0.118. The number of pyridine rings is 1. The van der Waals surface area contributed by atoms with E-state index in [1.165, 1.54) is 0 Å². The number of ether oxygens (including phenoxy) is 1. The van der Waals surface area contributed by atoms with Crippen LogP contribution in [0.4, 0.5) is 0 Å². The predicted molar refractivity (Wildman–Crippen MR) is 75.8 cm³/mol. The van der Waals surface area contributed by atoms with Crippen LogP contribution < -0.4 is 10.1 Å². The van der Waals surface area contributed by atoms with E-state index in [0.29, 0.717) is 5.92 Å². The van der Waals surface area contributed by atoms with Crippen LogP contribution in [-0.2, 0) is 6.54 Å². The Hall–Kier alpha value is -1.09. The first kappa shape index (κ1) is 15.0. The molecule has 0 saturated carbocycles. The van der Waals surface area contributed by atoms with Gasteiger partial charge in [-0.15, -0.1) is 0 Å². The normalized spacial score (nSPS) is 13.4. The minimum Gasteiger partial charge on any atom is -0.492 e. The fourth-order valence-corrected chi connectivity index (χ4v) is 1.31. The standard InChI is InChI=1S/C15H26N2O/c1-6-12(2)11-18-14-8-7-13(16-10-14)9-17-15(3,4)5/h7-8,10,12,17H,6,9,11H2,1-5H3. The van der Waals surface area contributed by atoms with Crippen LogP contribution >= 0.6 is 0 Å². The van der Waals surface area contributed by atoms with Crippen molar-refractivity contribution in [3.63, 3.8) is 0 Å². The zero-order valence-electron chi connectivity index (χ0n) is 12.3. The maximum absolute atomic E-state index is 5.68. The van der Waals surface area contributed by atoms with Gasteiger partial charge in [0, 0.05) is 12.1 Å². The number of hydrogen-bond acceptors (Lipinski definition) is 3. The zero-order chi connectivity index (χ0) is 13.6. The van der Waals surface area contributed by atoms with E-state index in [1.807, 2.05) is 18.3 Å². The Labute approximate surface area is 111 Å². The van der Waals surface area contributed by atoms with Crippen molar-refractivity contribution in [2.24, 2.45) is 5.92 Å².